The van der Waals surface area contributed by atoms with E-state index >= 15 is 0 Å². The highest BCUT2D eigenvalue weighted by atomic mass is 32.1. The van der Waals surface area contributed by atoms with Crippen molar-refractivity contribution < 1.29 is 14.3 Å². The van der Waals surface area contributed by atoms with Crippen molar-refractivity contribution in [3.8, 4) is 11.5 Å². The molecular formula is C16H14N2O3S. The van der Waals surface area contributed by atoms with Crippen LogP contribution in [0.3, 0.4) is 0 Å². The van der Waals surface area contributed by atoms with E-state index < -0.39 is 0 Å². The topological polar surface area (TPSA) is 51.1 Å². The van der Waals surface area contributed by atoms with Gasteiger partial charge >= 0.3 is 0 Å². The molecule has 0 saturated heterocycles. The summed E-state index contributed by atoms with van der Waals surface area (Å²) in [7, 11) is 0. The fourth-order valence-electron chi connectivity index (χ4n) is 1.97. The van der Waals surface area contributed by atoms with Crippen molar-refractivity contribution in [2.24, 2.45) is 5.10 Å². The largest absolute Gasteiger partial charge is 0.454 e. The lowest BCUT2D eigenvalue weighted by molar-refractivity contribution is 0.0779. The van der Waals surface area contributed by atoms with Crippen LogP contribution in [-0.2, 0) is 0 Å². The highest BCUT2D eigenvalue weighted by Gasteiger charge is 2.19. The second kappa shape index (κ2) is 6.44. The van der Waals surface area contributed by atoms with Crippen molar-refractivity contribution in [1.29, 1.82) is 0 Å². The van der Waals surface area contributed by atoms with E-state index in [2.05, 4.69) is 11.7 Å². The fourth-order valence-corrected chi connectivity index (χ4v) is 2.55. The van der Waals surface area contributed by atoms with Crippen LogP contribution in [0.15, 0.2) is 53.5 Å². The van der Waals surface area contributed by atoms with Gasteiger partial charge in [-0.05, 0) is 29.6 Å². The lowest BCUT2D eigenvalue weighted by atomic mass is 10.2. The molecule has 0 atom stereocenters. The summed E-state index contributed by atoms with van der Waals surface area (Å²) in [4.78, 5) is 13.5. The lowest BCUT2D eigenvalue weighted by Gasteiger charge is -2.15. The Morgan fingerprint density at radius 2 is 2.23 bits per heavy atom. The Morgan fingerprint density at radius 1 is 1.36 bits per heavy atom. The Bertz CT molecular complexity index is 710. The Hall–Kier alpha value is -2.60. The van der Waals surface area contributed by atoms with Crippen molar-refractivity contribution in [2.45, 2.75) is 0 Å². The van der Waals surface area contributed by atoms with Crippen LogP contribution in [0.25, 0.3) is 0 Å². The lowest BCUT2D eigenvalue weighted by Crippen LogP contribution is -2.26. The highest BCUT2D eigenvalue weighted by molar-refractivity contribution is 7.11. The molecule has 0 unspecified atom stereocenters. The van der Waals surface area contributed by atoms with Crippen LogP contribution in [0.5, 0.6) is 11.5 Å². The summed E-state index contributed by atoms with van der Waals surface area (Å²) in [5, 5.41) is 7.57. The number of hydrogen-bond donors (Lipinski definition) is 0. The van der Waals surface area contributed by atoms with Crippen LogP contribution in [0.4, 0.5) is 0 Å². The highest BCUT2D eigenvalue weighted by Crippen LogP contribution is 2.32. The molecule has 2 heterocycles. The molecular weight excluding hydrogens is 300 g/mol. The number of hydrogen-bond acceptors (Lipinski definition) is 5. The standard InChI is InChI=1S/C16H14N2O3S/c1-2-7-18(17-10-13-4-3-8-22-13)16(19)12-5-6-14-15(9-12)21-11-20-14/h2-6,8-10H,1,7,11H2. The van der Waals surface area contributed by atoms with Gasteiger partial charge in [0.25, 0.3) is 5.91 Å². The van der Waals surface area contributed by atoms with E-state index in [1.807, 2.05) is 17.5 Å². The number of carbonyl (C=O) groups is 1. The van der Waals surface area contributed by atoms with Crippen LogP contribution in [0.1, 0.15) is 15.2 Å². The molecule has 0 saturated carbocycles. The summed E-state index contributed by atoms with van der Waals surface area (Å²) in [6.45, 7) is 4.18. The summed E-state index contributed by atoms with van der Waals surface area (Å²) in [5.74, 6) is 1.01. The molecule has 1 aromatic carbocycles. The smallest absolute Gasteiger partial charge is 0.274 e. The van der Waals surface area contributed by atoms with Gasteiger partial charge in [0.1, 0.15) is 0 Å². The molecule has 6 heteroatoms. The third kappa shape index (κ3) is 3.01. The number of benzene rings is 1. The molecule has 3 rings (SSSR count). The van der Waals surface area contributed by atoms with Crippen molar-refractivity contribution in [3.63, 3.8) is 0 Å². The average molecular weight is 314 g/mol. The maximum Gasteiger partial charge on any atom is 0.274 e. The third-order valence-corrected chi connectivity index (χ3v) is 3.83. The van der Waals surface area contributed by atoms with E-state index in [1.54, 1.807) is 41.8 Å². The van der Waals surface area contributed by atoms with Crippen LogP contribution in [0, 0.1) is 0 Å². The first kappa shape index (κ1) is 14.3. The van der Waals surface area contributed by atoms with Crippen molar-refractivity contribution in [2.75, 3.05) is 13.3 Å². The predicted molar refractivity (Wildman–Crippen MR) is 85.7 cm³/mol. The van der Waals surface area contributed by atoms with Gasteiger partial charge < -0.3 is 9.47 Å². The summed E-state index contributed by atoms with van der Waals surface area (Å²) in [6.07, 6.45) is 3.30. The number of ether oxygens (including phenoxy) is 2. The number of carbonyl (C=O) groups excluding carboxylic acids is 1. The van der Waals surface area contributed by atoms with Gasteiger partial charge in [0, 0.05) is 10.4 Å². The van der Waals surface area contributed by atoms with E-state index in [-0.39, 0.29) is 12.7 Å². The normalized spacial score (nSPS) is 12.5. The van der Waals surface area contributed by atoms with Gasteiger partial charge in [-0.15, -0.1) is 17.9 Å². The van der Waals surface area contributed by atoms with E-state index in [1.165, 1.54) is 5.01 Å². The van der Waals surface area contributed by atoms with E-state index in [4.69, 9.17) is 9.47 Å². The third-order valence-electron chi connectivity index (χ3n) is 3.02. The van der Waals surface area contributed by atoms with Crippen molar-refractivity contribution in [3.05, 3.63) is 58.8 Å². The number of amides is 1. The van der Waals surface area contributed by atoms with Crippen LogP contribution in [-0.4, -0.2) is 30.5 Å². The first-order valence-corrected chi connectivity index (χ1v) is 7.56. The van der Waals surface area contributed by atoms with Gasteiger partial charge in [0.2, 0.25) is 6.79 Å². The van der Waals surface area contributed by atoms with E-state index in [9.17, 15) is 4.79 Å². The first-order chi connectivity index (χ1) is 10.8. The van der Waals surface area contributed by atoms with Crippen LogP contribution < -0.4 is 9.47 Å². The van der Waals surface area contributed by atoms with Crippen LogP contribution >= 0.6 is 11.3 Å². The maximum atomic E-state index is 12.6. The molecule has 2 aromatic rings. The number of rotatable bonds is 5. The molecule has 0 bridgehead atoms. The molecule has 1 aliphatic heterocycles. The van der Waals surface area contributed by atoms with Gasteiger partial charge in [-0.25, -0.2) is 5.01 Å². The van der Waals surface area contributed by atoms with Gasteiger partial charge in [-0.2, -0.15) is 5.10 Å². The minimum atomic E-state index is -0.217. The van der Waals surface area contributed by atoms with E-state index in [0.717, 1.165) is 4.88 Å². The van der Waals surface area contributed by atoms with Gasteiger partial charge in [0.05, 0.1) is 12.8 Å². The molecule has 0 radical (unpaired) electrons. The molecule has 0 spiro atoms. The minimum absolute atomic E-state index is 0.180. The number of thiophene rings is 1. The molecule has 0 aliphatic carbocycles. The molecule has 0 fully saturated rings. The molecule has 1 amide bonds. The van der Waals surface area contributed by atoms with Gasteiger partial charge in [-0.3, -0.25) is 4.79 Å². The summed E-state index contributed by atoms with van der Waals surface area (Å²) in [6, 6.07) is 8.97. The van der Waals surface area contributed by atoms with Crippen molar-refractivity contribution >= 4 is 23.5 Å². The number of nitrogens with zero attached hydrogens (tertiary/aromatic N) is 2. The quantitative estimate of drug-likeness (QED) is 0.484. The number of hydrazone groups is 1. The maximum absolute atomic E-state index is 12.6. The Labute approximate surface area is 132 Å². The molecule has 0 N–H and O–H groups in total. The predicted octanol–water partition coefficient (Wildman–Crippen LogP) is 3.14. The Balaban J connectivity index is 1.81. The fraction of sp³-hybridized carbons (Fsp3) is 0.125. The monoisotopic (exact) mass is 314 g/mol. The second-order valence-electron chi connectivity index (χ2n) is 4.50. The summed E-state index contributed by atoms with van der Waals surface area (Å²) < 4.78 is 10.5. The summed E-state index contributed by atoms with van der Waals surface area (Å²) >= 11 is 1.56. The van der Waals surface area contributed by atoms with Gasteiger partial charge in [0.15, 0.2) is 11.5 Å². The van der Waals surface area contributed by atoms with Crippen LogP contribution in [0.2, 0.25) is 0 Å². The second-order valence-corrected chi connectivity index (χ2v) is 5.48. The van der Waals surface area contributed by atoms with Crippen molar-refractivity contribution in [1.82, 2.24) is 5.01 Å². The average Bonchev–Trinajstić information content (AvgIpc) is 3.20. The Morgan fingerprint density at radius 3 is 3.00 bits per heavy atom. The molecule has 22 heavy (non-hydrogen) atoms. The molecule has 1 aliphatic rings. The molecule has 1 aromatic heterocycles. The first-order valence-electron chi connectivity index (χ1n) is 6.68. The van der Waals surface area contributed by atoms with E-state index in [0.29, 0.717) is 23.6 Å². The SMILES string of the molecule is C=CCN(N=Cc1cccs1)C(=O)c1ccc2c(c1)OCO2. The zero-order chi connectivity index (χ0) is 15.4. The number of fused-ring (bicyclic) bond motifs is 1. The molecule has 5 nitrogen and oxygen atoms in total. The summed E-state index contributed by atoms with van der Waals surface area (Å²) in [5.41, 5.74) is 0.495. The Kier molecular flexibility index (Phi) is 4.20. The zero-order valence-corrected chi connectivity index (χ0v) is 12.6. The molecule has 112 valence electrons. The minimum Gasteiger partial charge on any atom is -0.454 e. The zero-order valence-electron chi connectivity index (χ0n) is 11.8. The van der Waals surface area contributed by atoms with Gasteiger partial charge in [-0.1, -0.05) is 12.1 Å².